The summed E-state index contributed by atoms with van der Waals surface area (Å²) in [4.78, 5) is 12.0. The van der Waals surface area contributed by atoms with Crippen LogP contribution in [0.1, 0.15) is 26.3 Å². The number of carbonyl (C=O) groups excluding carboxylic acids is 1. The van der Waals surface area contributed by atoms with Crippen molar-refractivity contribution < 1.29 is 19.4 Å². The van der Waals surface area contributed by atoms with Crippen LogP contribution in [0.25, 0.3) is 0 Å². The Kier molecular flexibility index (Phi) is 4.95. The monoisotopic (exact) mass is 266 g/mol. The molecule has 0 aliphatic rings. The molecule has 0 aliphatic carbocycles. The molecular formula is C15H22O4. The highest BCUT2D eigenvalue weighted by Gasteiger charge is 2.43. The number of para-hydroxylation sites is 1. The molecule has 0 bridgehead atoms. The molecule has 0 saturated heterocycles. The van der Waals surface area contributed by atoms with Gasteiger partial charge < -0.3 is 14.6 Å². The van der Waals surface area contributed by atoms with Crippen LogP contribution in [-0.4, -0.2) is 25.3 Å². The summed E-state index contributed by atoms with van der Waals surface area (Å²) in [5.74, 6) is -0.589. The van der Waals surface area contributed by atoms with Gasteiger partial charge in [-0.1, -0.05) is 32.0 Å². The summed E-state index contributed by atoms with van der Waals surface area (Å²) in [5.41, 5.74) is -0.768. The number of benzene rings is 1. The molecule has 0 saturated carbocycles. The van der Waals surface area contributed by atoms with E-state index in [-0.39, 0.29) is 5.92 Å². The summed E-state index contributed by atoms with van der Waals surface area (Å²) < 4.78 is 10.1. The van der Waals surface area contributed by atoms with E-state index in [0.717, 1.165) is 0 Å². The fraction of sp³-hybridized carbons (Fsp3) is 0.533. The topological polar surface area (TPSA) is 55.8 Å². The van der Waals surface area contributed by atoms with Crippen molar-refractivity contribution in [3.8, 4) is 5.75 Å². The lowest BCUT2D eigenvalue weighted by atomic mass is 9.76. The van der Waals surface area contributed by atoms with Crippen LogP contribution < -0.4 is 4.74 Å². The van der Waals surface area contributed by atoms with E-state index in [1.54, 1.807) is 25.1 Å². The average molecular weight is 266 g/mol. The van der Waals surface area contributed by atoms with Crippen molar-refractivity contribution in [3.63, 3.8) is 0 Å². The van der Waals surface area contributed by atoms with Gasteiger partial charge in [-0.25, -0.2) is 0 Å². The zero-order valence-corrected chi connectivity index (χ0v) is 12.1. The number of ether oxygens (including phenoxy) is 2. The molecule has 1 N–H and O–H groups in total. The average Bonchev–Trinajstić information content (AvgIpc) is 2.37. The molecule has 4 heteroatoms. The SMILES string of the molecule is COC(=O)C(C(C)C)C(C)(O)c1ccccc1OC. The van der Waals surface area contributed by atoms with Gasteiger partial charge in [-0.2, -0.15) is 0 Å². The van der Waals surface area contributed by atoms with Crippen LogP contribution in [-0.2, 0) is 15.1 Å². The molecule has 106 valence electrons. The van der Waals surface area contributed by atoms with Gasteiger partial charge in [0.2, 0.25) is 0 Å². The predicted molar refractivity (Wildman–Crippen MR) is 72.9 cm³/mol. The number of esters is 1. The maximum Gasteiger partial charge on any atom is 0.312 e. The molecule has 0 heterocycles. The summed E-state index contributed by atoms with van der Waals surface area (Å²) >= 11 is 0. The van der Waals surface area contributed by atoms with Crippen LogP contribution in [0.5, 0.6) is 5.75 Å². The van der Waals surface area contributed by atoms with Crippen LogP contribution >= 0.6 is 0 Å². The van der Waals surface area contributed by atoms with E-state index in [0.29, 0.717) is 11.3 Å². The second kappa shape index (κ2) is 6.06. The van der Waals surface area contributed by atoms with Gasteiger partial charge in [-0.15, -0.1) is 0 Å². The minimum Gasteiger partial charge on any atom is -0.496 e. The van der Waals surface area contributed by atoms with Gasteiger partial charge in [0.15, 0.2) is 0 Å². The number of rotatable bonds is 5. The molecular weight excluding hydrogens is 244 g/mol. The Labute approximate surface area is 114 Å². The lowest BCUT2D eigenvalue weighted by Crippen LogP contribution is -2.41. The third kappa shape index (κ3) is 3.07. The molecule has 0 spiro atoms. The van der Waals surface area contributed by atoms with Crippen molar-refractivity contribution in [1.29, 1.82) is 0 Å². The Morgan fingerprint density at radius 2 is 1.84 bits per heavy atom. The zero-order chi connectivity index (χ0) is 14.6. The molecule has 1 aromatic rings. The van der Waals surface area contributed by atoms with Gasteiger partial charge in [-0.3, -0.25) is 4.79 Å². The summed E-state index contributed by atoms with van der Waals surface area (Å²) in [6, 6.07) is 7.15. The fourth-order valence-corrected chi connectivity index (χ4v) is 2.51. The molecule has 0 aliphatic heterocycles. The molecule has 0 fully saturated rings. The van der Waals surface area contributed by atoms with Gasteiger partial charge in [-0.05, 0) is 18.9 Å². The highest BCUT2D eigenvalue weighted by Crippen LogP contribution is 2.39. The first-order chi connectivity index (χ1) is 8.86. The molecule has 1 rings (SSSR count). The first-order valence-corrected chi connectivity index (χ1v) is 6.30. The number of hydrogen-bond donors (Lipinski definition) is 1. The Morgan fingerprint density at radius 1 is 1.26 bits per heavy atom. The number of methoxy groups -OCH3 is 2. The normalized spacial score (nSPS) is 15.7. The Morgan fingerprint density at radius 3 is 2.32 bits per heavy atom. The van der Waals surface area contributed by atoms with Crippen molar-refractivity contribution in [2.75, 3.05) is 14.2 Å². The molecule has 2 atom stereocenters. The van der Waals surface area contributed by atoms with Crippen LogP contribution in [0.15, 0.2) is 24.3 Å². The van der Waals surface area contributed by atoms with Crippen LogP contribution in [0.2, 0.25) is 0 Å². The van der Waals surface area contributed by atoms with Gasteiger partial charge in [0.1, 0.15) is 11.4 Å². The highest BCUT2D eigenvalue weighted by molar-refractivity contribution is 5.74. The summed E-state index contributed by atoms with van der Waals surface area (Å²) in [5, 5.41) is 10.8. The number of aliphatic hydroxyl groups is 1. The van der Waals surface area contributed by atoms with Crippen LogP contribution in [0, 0.1) is 11.8 Å². The minimum atomic E-state index is -1.35. The van der Waals surface area contributed by atoms with Crippen molar-refractivity contribution in [1.82, 2.24) is 0 Å². The quantitative estimate of drug-likeness (QED) is 0.831. The van der Waals surface area contributed by atoms with E-state index in [2.05, 4.69) is 0 Å². The largest absolute Gasteiger partial charge is 0.496 e. The first kappa shape index (κ1) is 15.5. The van der Waals surface area contributed by atoms with E-state index < -0.39 is 17.5 Å². The molecule has 0 amide bonds. The van der Waals surface area contributed by atoms with Crippen molar-refractivity contribution in [3.05, 3.63) is 29.8 Å². The summed E-state index contributed by atoms with van der Waals surface area (Å²) in [7, 11) is 2.87. The number of hydrogen-bond acceptors (Lipinski definition) is 4. The van der Waals surface area contributed by atoms with Crippen molar-refractivity contribution in [2.24, 2.45) is 11.8 Å². The lowest BCUT2D eigenvalue weighted by Gasteiger charge is -2.34. The summed E-state index contributed by atoms with van der Waals surface area (Å²) in [6.45, 7) is 5.38. The van der Waals surface area contributed by atoms with Crippen LogP contribution in [0.3, 0.4) is 0 Å². The number of carbonyl (C=O) groups is 1. The minimum absolute atomic E-state index is 0.0626. The third-order valence-electron chi connectivity index (χ3n) is 3.38. The van der Waals surface area contributed by atoms with Gasteiger partial charge in [0.05, 0.1) is 20.1 Å². The zero-order valence-electron chi connectivity index (χ0n) is 12.1. The Hall–Kier alpha value is -1.55. The second-order valence-corrected chi connectivity index (χ2v) is 5.09. The van der Waals surface area contributed by atoms with E-state index in [9.17, 15) is 9.90 Å². The maximum atomic E-state index is 12.0. The highest BCUT2D eigenvalue weighted by atomic mass is 16.5. The van der Waals surface area contributed by atoms with Crippen molar-refractivity contribution >= 4 is 5.97 Å². The third-order valence-corrected chi connectivity index (χ3v) is 3.38. The van der Waals surface area contributed by atoms with E-state index in [1.807, 2.05) is 19.9 Å². The van der Waals surface area contributed by atoms with Crippen molar-refractivity contribution in [2.45, 2.75) is 26.4 Å². The molecule has 0 aromatic heterocycles. The van der Waals surface area contributed by atoms with Crippen LogP contribution in [0.4, 0.5) is 0 Å². The van der Waals surface area contributed by atoms with Gasteiger partial charge >= 0.3 is 5.97 Å². The lowest BCUT2D eigenvalue weighted by molar-refractivity contribution is -0.159. The molecule has 1 aromatic carbocycles. The molecule has 4 nitrogen and oxygen atoms in total. The van der Waals surface area contributed by atoms with Gasteiger partial charge in [0, 0.05) is 5.56 Å². The standard InChI is InChI=1S/C15H22O4/c1-10(2)13(14(16)19-5)15(3,17)11-8-6-7-9-12(11)18-4/h6-10,13,17H,1-5H3. The fourth-order valence-electron chi connectivity index (χ4n) is 2.51. The van der Waals surface area contributed by atoms with Gasteiger partial charge in [0.25, 0.3) is 0 Å². The first-order valence-electron chi connectivity index (χ1n) is 6.30. The Balaban J connectivity index is 3.30. The van der Waals surface area contributed by atoms with E-state index >= 15 is 0 Å². The smallest absolute Gasteiger partial charge is 0.312 e. The van der Waals surface area contributed by atoms with E-state index in [4.69, 9.17) is 9.47 Å². The molecule has 19 heavy (non-hydrogen) atoms. The predicted octanol–water partition coefficient (Wildman–Crippen LogP) is 2.35. The Bertz CT molecular complexity index is 438. The molecule has 2 unspecified atom stereocenters. The maximum absolute atomic E-state index is 12.0. The summed E-state index contributed by atoms with van der Waals surface area (Å²) in [6.07, 6.45) is 0. The second-order valence-electron chi connectivity index (χ2n) is 5.09. The molecule has 0 radical (unpaired) electrons. The van der Waals surface area contributed by atoms with E-state index in [1.165, 1.54) is 14.2 Å².